The Bertz CT molecular complexity index is 374. The number of hydrogen-bond acceptors (Lipinski definition) is 4. The zero-order valence-electron chi connectivity index (χ0n) is 11.7. The minimum atomic E-state index is -0.121. The smallest absolute Gasteiger partial charge is 0.310 e. The second-order valence-corrected chi connectivity index (χ2v) is 5.86. The first-order valence-electron chi connectivity index (χ1n) is 6.37. The van der Waals surface area contributed by atoms with Crippen LogP contribution in [0.4, 0.5) is 0 Å². The minimum Gasteiger partial charge on any atom is -0.469 e. The predicted molar refractivity (Wildman–Crippen MR) is 76.0 cm³/mol. The molecule has 0 saturated carbocycles. The van der Waals surface area contributed by atoms with Gasteiger partial charge in [-0.15, -0.1) is 11.3 Å². The lowest BCUT2D eigenvalue weighted by Crippen LogP contribution is -2.33. The Morgan fingerprint density at radius 2 is 2.22 bits per heavy atom. The molecule has 1 heterocycles. The molecule has 0 saturated heterocycles. The van der Waals surface area contributed by atoms with E-state index in [1.807, 2.05) is 13.8 Å². The number of carbonyl (C=O) groups is 1. The van der Waals surface area contributed by atoms with E-state index in [1.54, 1.807) is 11.3 Å². The fourth-order valence-corrected chi connectivity index (χ4v) is 2.77. The third-order valence-electron chi connectivity index (χ3n) is 3.17. The molecule has 1 N–H and O–H groups in total. The molecule has 0 bridgehead atoms. The average molecular weight is 269 g/mol. The van der Waals surface area contributed by atoms with E-state index < -0.39 is 0 Å². The third kappa shape index (κ3) is 4.42. The van der Waals surface area contributed by atoms with Crippen molar-refractivity contribution in [1.82, 2.24) is 5.32 Å². The standard InChI is InChI=1S/C14H23NO2S/c1-10(2)12(14(16)17-4)9-15-7-5-13-11(3)6-8-18-13/h6,8,10,12,15H,5,7,9H2,1-4H3. The first kappa shape index (κ1) is 15.2. The maximum absolute atomic E-state index is 11.6. The molecule has 0 aliphatic carbocycles. The van der Waals surface area contributed by atoms with Gasteiger partial charge in [0.1, 0.15) is 0 Å². The van der Waals surface area contributed by atoms with Crippen LogP contribution in [-0.4, -0.2) is 26.2 Å². The molecular weight excluding hydrogens is 246 g/mol. The molecule has 0 radical (unpaired) electrons. The highest BCUT2D eigenvalue weighted by Crippen LogP contribution is 2.16. The van der Waals surface area contributed by atoms with Gasteiger partial charge in [0.15, 0.2) is 0 Å². The predicted octanol–water partition coefficient (Wildman–Crippen LogP) is 2.63. The van der Waals surface area contributed by atoms with Gasteiger partial charge >= 0.3 is 5.97 Å². The Kier molecular flexibility index (Phi) is 6.36. The van der Waals surface area contributed by atoms with Crippen molar-refractivity contribution >= 4 is 17.3 Å². The summed E-state index contributed by atoms with van der Waals surface area (Å²) in [5.74, 6) is 0.123. The number of ether oxygens (including phenoxy) is 1. The van der Waals surface area contributed by atoms with Crippen LogP contribution >= 0.6 is 11.3 Å². The molecule has 0 aliphatic heterocycles. The molecule has 0 aromatic carbocycles. The van der Waals surface area contributed by atoms with Crippen LogP contribution < -0.4 is 5.32 Å². The number of methoxy groups -OCH3 is 1. The van der Waals surface area contributed by atoms with Gasteiger partial charge in [-0.05, 0) is 42.8 Å². The lowest BCUT2D eigenvalue weighted by molar-refractivity contribution is -0.146. The van der Waals surface area contributed by atoms with Gasteiger partial charge in [-0.3, -0.25) is 4.79 Å². The van der Waals surface area contributed by atoms with Crippen molar-refractivity contribution in [2.45, 2.75) is 27.2 Å². The van der Waals surface area contributed by atoms with Crippen LogP contribution in [0.15, 0.2) is 11.4 Å². The van der Waals surface area contributed by atoms with E-state index in [0.29, 0.717) is 12.5 Å². The Morgan fingerprint density at radius 3 is 2.72 bits per heavy atom. The highest BCUT2D eigenvalue weighted by Gasteiger charge is 2.22. The summed E-state index contributed by atoms with van der Waals surface area (Å²) in [6, 6.07) is 2.14. The van der Waals surface area contributed by atoms with Crippen molar-refractivity contribution in [2.75, 3.05) is 20.2 Å². The van der Waals surface area contributed by atoms with Crippen molar-refractivity contribution in [3.05, 3.63) is 21.9 Å². The molecule has 0 amide bonds. The molecule has 1 atom stereocenters. The second-order valence-electron chi connectivity index (χ2n) is 4.85. The van der Waals surface area contributed by atoms with Crippen molar-refractivity contribution in [1.29, 1.82) is 0 Å². The first-order chi connectivity index (χ1) is 8.56. The minimum absolute atomic E-state index is 0.0561. The molecular formula is C14H23NO2S. The monoisotopic (exact) mass is 269 g/mol. The zero-order valence-corrected chi connectivity index (χ0v) is 12.5. The summed E-state index contributed by atoms with van der Waals surface area (Å²) in [4.78, 5) is 13.0. The van der Waals surface area contributed by atoms with Crippen LogP contribution in [-0.2, 0) is 16.0 Å². The van der Waals surface area contributed by atoms with E-state index in [9.17, 15) is 4.79 Å². The van der Waals surface area contributed by atoms with E-state index in [-0.39, 0.29) is 11.9 Å². The summed E-state index contributed by atoms with van der Waals surface area (Å²) < 4.78 is 4.82. The van der Waals surface area contributed by atoms with Crippen molar-refractivity contribution in [3.63, 3.8) is 0 Å². The Hall–Kier alpha value is -0.870. The van der Waals surface area contributed by atoms with E-state index in [2.05, 4.69) is 23.7 Å². The van der Waals surface area contributed by atoms with Crippen molar-refractivity contribution < 1.29 is 9.53 Å². The highest BCUT2D eigenvalue weighted by atomic mass is 32.1. The van der Waals surface area contributed by atoms with E-state index >= 15 is 0 Å². The highest BCUT2D eigenvalue weighted by molar-refractivity contribution is 7.10. The molecule has 1 rings (SSSR count). The van der Waals surface area contributed by atoms with Crippen molar-refractivity contribution in [3.8, 4) is 0 Å². The molecule has 1 aromatic heterocycles. The zero-order chi connectivity index (χ0) is 13.5. The van der Waals surface area contributed by atoms with Gasteiger partial charge in [0, 0.05) is 11.4 Å². The number of carbonyl (C=O) groups excluding carboxylic acids is 1. The lowest BCUT2D eigenvalue weighted by Gasteiger charge is -2.18. The van der Waals surface area contributed by atoms with Crippen LogP contribution in [0.2, 0.25) is 0 Å². The molecule has 1 unspecified atom stereocenters. The van der Waals surface area contributed by atoms with Crippen LogP contribution in [0.1, 0.15) is 24.3 Å². The second kappa shape index (κ2) is 7.54. The largest absolute Gasteiger partial charge is 0.469 e. The molecule has 18 heavy (non-hydrogen) atoms. The van der Waals surface area contributed by atoms with E-state index in [0.717, 1.165) is 13.0 Å². The van der Waals surface area contributed by atoms with Crippen molar-refractivity contribution in [2.24, 2.45) is 11.8 Å². The normalized spacial score (nSPS) is 12.7. The molecule has 0 aliphatic rings. The van der Waals surface area contributed by atoms with Crippen LogP contribution in [0.25, 0.3) is 0 Å². The number of nitrogens with one attached hydrogen (secondary N) is 1. The van der Waals surface area contributed by atoms with Gasteiger partial charge in [0.05, 0.1) is 13.0 Å². The number of thiophene rings is 1. The topological polar surface area (TPSA) is 38.3 Å². The summed E-state index contributed by atoms with van der Waals surface area (Å²) in [6.07, 6.45) is 1.02. The third-order valence-corrected chi connectivity index (χ3v) is 4.25. The number of aryl methyl sites for hydroxylation is 1. The molecule has 4 heteroatoms. The van der Waals surface area contributed by atoms with Gasteiger partial charge in [-0.2, -0.15) is 0 Å². The molecule has 1 aromatic rings. The summed E-state index contributed by atoms with van der Waals surface area (Å²) in [5.41, 5.74) is 1.36. The summed E-state index contributed by atoms with van der Waals surface area (Å²) in [7, 11) is 1.45. The molecule has 3 nitrogen and oxygen atoms in total. The Morgan fingerprint density at radius 1 is 1.50 bits per heavy atom. The van der Waals surface area contributed by atoms with Gasteiger partial charge in [-0.1, -0.05) is 13.8 Å². The summed E-state index contributed by atoms with van der Waals surface area (Å²) >= 11 is 1.79. The quantitative estimate of drug-likeness (QED) is 0.611. The van der Waals surface area contributed by atoms with Gasteiger partial charge in [0.25, 0.3) is 0 Å². The Labute approximate surface area is 114 Å². The van der Waals surface area contributed by atoms with Gasteiger partial charge in [0.2, 0.25) is 0 Å². The SMILES string of the molecule is COC(=O)C(CNCCc1sccc1C)C(C)C. The average Bonchev–Trinajstić information content (AvgIpc) is 2.73. The first-order valence-corrected chi connectivity index (χ1v) is 7.25. The van der Waals surface area contributed by atoms with Crippen LogP contribution in [0.5, 0.6) is 0 Å². The van der Waals surface area contributed by atoms with Gasteiger partial charge < -0.3 is 10.1 Å². The number of hydrogen-bond donors (Lipinski definition) is 1. The maximum atomic E-state index is 11.6. The number of esters is 1. The van der Waals surface area contributed by atoms with E-state index in [4.69, 9.17) is 4.74 Å². The lowest BCUT2D eigenvalue weighted by atomic mass is 9.96. The summed E-state index contributed by atoms with van der Waals surface area (Å²) in [6.45, 7) is 7.83. The van der Waals surface area contributed by atoms with E-state index in [1.165, 1.54) is 17.6 Å². The van der Waals surface area contributed by atoms with Crippen LogP contribution in [0, 0.1) is 18.8 Å². The fourth-order valence-electron chi connectivity index (χ4n) is 1.86. The molecule has 102 valence electrons. The fraction of sp³-hybridized carbons (Fsp3) is 0.643. The molecule has 0 spiro atoms. The molecule has 0 fully saturated rings. The number of rotatable bonds is 7. The summed E-state index contributed by atoms with van der Waals surface area (Å²) in [5, 5.41) is 5.47. The van der Waals surface area contributed by atoms with Crippen LogP contribution in [0.3, 0.4) is 0 Å². The Balaban J connectivity index is 2.31. The maximum Gasteiger partial charge on any atom is 0.310 e. The van der Waals surface area contributed by atoms with Gasteiger partial charge in [-0.25, -0.2) is 0 Å².